The van der Waals surface area contributed by atoms with Crippen molar-refractivity contribution >= 4 is 5.91 Å². The van der Waals surface area contributed by atoms with Crippen molar-refractivity contribution in [3.05, 3.63) is 36.5 Å². The minimum absolute atomic E-state index is 0.0759. The molecule has 0 radical (unpaired) electrons. The second-order valence-corrected chi connectivity index (χ2v) is 16.9. The Balaban J connectivity index is 3.57. The Bertz CT molecular complexity index is 836. The first-order valence-corrected chi connectivity index (χ1v) is 24.7. The number of nitrogens with one attached hydrogen (secondary N) is 1. The van der Waals surface area contributed by atoms with Gasteiger partial charge in [-0.15, -0.1) is 0 Å². The van der Waals surface area contributed by atoms with Gasteiger partial charge >= 0.3 is 0 Å². The molecule has 3 N–H and O–H groups in total. The van der Waals surface area contributed by atoms with Crippen LogP contribution in [-0.2, 0) is 4.79 Å². The van der Waals surface area contributed by atoms with Crippen LogP contribution in [0.25, 0.3) is 0 Å². The standard InChI is InChI=1S/C51H97NO3/c1-3-5-7-9-11-13-15-17-19-21-23-25-26-27-28-30-32-34-36-38-40-42-44-46-50(54)49(48-53)52-51(55)47-45-43-41-39-37-35-33-31-29-24-22-20-18-16-14-12-10-8-6-4-2/h24,29,36,38,44,46,49-50,53-54H,3-23,25-28,30-35,37,39-43,45,47-48H2,1-2H3,(H,52,55)/b29-24-,38-36+,46-44+. The zero-order valence-corrected chi connectivity index (χ0v) is 37.2. The highest BCUT2D eigenvalue weighted by molar-refractivity contribution is 5.76. The first-order chi connectivity index (χ1) is 27.2. The maximum absolute atomic E-state index is 12.4. The van der Waals surface area contributed by atoms with Crippen molar-refractivity contribution in [2.75, 3.05) is 6.61 Å². The van der Waals surface area contributed by atoms with E-state index in [0.717, 1.165) is 32.1 Å². The summed E-state index contributed by atoms with van der Waals surface area (Å²) in [6, 6.07) is -0.641. The van der Waals surface area contributed by atoms with E-state index in [2.05, 4.69) is 43.5 Å². The van der Waals surface area contributed by atoms with Crippen molar-refractivity contribution in [3.8, 4) is 0 Å². The molecule has 0 bridgehead atoms. The van der Waals surface area contributed by atoms with Crippen molar-refractivity contribution in [1.82, 2.24) is 5.32 Å². The molecular formula is C51H97NO3. The zero-order valence-electron chi connectivity index (χ0n) is 37.2. The van der Waals surface area contributed by atoms with E-state index in [-0.39, 0.29) is 12.5 Å². The SMILES string of the molecule is CCCCCCCCCCC/C=C\CCCCCCCCCC(=O)NC(CO)C(O)/C=C/CC/C=C/CCCCCCCCCCCCCCCCCCC. The predicted molar refractivity (Wildman–Crippen MR) is 244 cm³/mol. The van der Waals surface area contributed by atoms with Gasteiger partial charge in [-0.05, 0) is 57.8 Å². The van der Waals surface area contributed by atoms with Crippen LogP contribution in [0.15, 0.2) is 36.5 Å². The Morgan fingerprint density at radius 3 is 1.05 bits per heavy atom. The van der Waals surface area contributed by atoms with Gasteiger partial charge in [0.15, 0.2) is 0 Å². The fourth-order valence-electron chi connectivity index (χ4n) is 7.54. The number of allylic oxidation sites excluding steroid dienone is 5. The van der Waals surface area contributed by atoms with E-state index < -0.39 is 12.1 Å². The number of unbranched alkanes of at least 4 members (excludes halogenated alkanes) is 34. The van der Waals surface area contributed by atoms with E-state index in [1.165, 1.54) is 212 Å². The predicted octanol–water partition coefficient (Wildman–Crippen LogP) is 15.7. The van der Waals surface area contributed by atoms with Gasteiger partial charge in [0.25, 0.3) is 0 Å². The van der Waals surface area contributed by atoms with Crippen molar-refractivity contribution in [3.63, 3.8) is 0 Å². The minimum Gasteiger partial charge on any atom is -0.394 e. The fraction of sp³-hybridized carbons (Fsp3) is 0.863. The monoisotopic (exact) mass is 772 g/mol. The van der Waals surface area contributed by atoms with Crippen LogP contribution < -0.4 is 5.32 Å². The Hall–Kier alpha value is -1.39. The largest absolute Gasteiger partial charge is 0.394 e. The molecule has 0 heterocycles. The number of aliphatic hydroxyl groups is 2. The molecule has 0 aromatic heterocycles. The fourth-order valence-corrected chi connectivity index (χ4v) is 7.54. The summed E-state index contributed by atoms with van der Waals surface area (Å²) in [6.45, 7) is 4.32. The molecule has 0 aliphatic heterocycles. The average molecular weight is 772 g/mol. The Morgan fingerprint density at radius 1 is 0.418 bits per heavy atom. The molecule has 55 heavy (non-hydrogen) atoms. The van der Waals surface area contributed by atoms with Gasteiger partial charge in [0.2, 0.25) is 5.91 Å². The Labute approximate surface area is 344 Å². The molecule has 0 aromatic rings. The molecule has 4 heteroatoms. The van der Waals surface area contributed by atoms with E-state index in [0.29, 0.717) is 6.42 Å². The molecule has 0 aliphatic rings. The molecule has 0 aromatic carbocycles. The normalized spacial score (nSPS) is 13.2. The van der Waals surface area contributed by atoms with Crippen LogP contribution in [0.1, 0.15) is 264 Å². The maximum atomic E-state index is 12.4. The number of carbonyl (C=O) groups is 1. The third-order valence-electron chi connectivity index (χ3n) is 11.3. The molecule has 0 rings (SSSR count). The summed E-state index contributed by atoms with van der Waals surface area (Å²) in [6.07, 6.45) is 62.8. The molecule has 1 amide bonds. The molecule has 2 unspecified atom stereocenters. The van der Waals surface area contributed by atoms with Crippen LogP contribution in [0, 0.1) is 0 Å². The van der Waals surface area contributed by atoms with Crippen LogP contribution in [0.2, 0.25) is 0 Å². The van der Waals surface area contributed by atoms with E-state index >= 15 is 0 Å². The Morgan fingerprint density at radius 2 is 0.709 bits per heavy atom. The highest BCUT2D eigenvalue weighted by Crippen LogP contribution is 2.16. The average Bonchev–Trinajstić information content (AvgIpc) is 3.19. The van der Waals surface area contributed by atoms with Gasteiger partial charge in [-0.25, -0.2) is 0 Å². The number of carbonyl (C=O) groups excluding carboxylic acids is 1. The van der Waals surface area contributed by atoms with E-state index in [1.807, 2.05) is 6.08 Å². The molecule has 2 atom stereocenters. The lowest BCUT2D eigenvalue weighted by molar-refractivity contribution is -0.123. The van der Waals surface area contributed by atoms with Crippen molar-refractivity contribution in [1.29, 1.82) is 0 Å². The topological polar surface area (TPSA) is 69.6 Å². The van der Waals surface area contributed by atoms with Crippen LogP contribution in [-0.4, -0.2) is 34.9 Å². The van der Waals surface area contributed by atoms with Crippen molar-refractivity contribution < 1.29 is 15.0 Å². The van der Waals surface area contributed by atoms with Gasteiger partial charge in [0, 0.05) is 6.42 Å². The van der Waals surface area contributed by atoms with Crippen molar-refractivity contribution in [2.45, 2.75) is 276 Å². The van der Waals surface area contributed by atoms with Crippen LogP contribution >= 0.6 is 0 Å². The smallest absolute Gasteiger partial charge is 0.220 e. The summed E-state index contributed by atoms with van der Waals surface area (Å²) in [4.78, 5) is 12.4. The molecular weight excluding hydrogens is 675 g/mol. The lowest BCUT2D eigenvalue weighted by Crippen LogP contribution is -2.45. The second-order valence-electron chi connectivity index (χ2n) is 16.9. The van der Waals surface area contributed by atoms with Gasteiger partial charge in [-0.3, -0.25) is 4.79 Å². The lowest BCUT2D eigenvalue weighted by Gasteiger charge is -2.19. The third-order valence-corrected chi connectivity index (χ3v) is 11.3. The molecule has 4 nitrogen and oxygen atoms in total. The first-order valence-electron chi connectivity index (χ1n) is 24.7. The van der Waals surface area contributed by atoms with E-state index in [9.17, 15) is 15.0 Å². The molecule has 324 valence electrons. The number of hydrogen-bond donors (Lipinski definition) is 3. The Kier molecular flexibility index (Phi) is 45.8. The summed E-state index contributed by atoms with van der Waals surface area (Å²) in [5.41, 5.74) is 0. The number of rotatable bonds is 45. The van der Waals surface area contributed by atoms with Crippen LogP contribution in [0.4, 0.5) is 0 Å². The summed E-state index contributed by atoms with van der Waals surface area (Å²) in [5.74, 6) is -0.0759. The molecule has 0 saturated heterocycles. The summed E-state index contributed by atoms with van der Waals surface area (Å²) in [5, 5.41) is 23.1. The maximum Gasteiger partial charge on any atom is 0.220 e. The lowest BCUT2D eigenvalue weighted by atomic mass is 10.0. The summed E-state index contributed by atoms with van der Waals surface area (Å²) in [7, 11) is 0. The third kappa shape index (κ3) is 43.6. The molecule has 0 fully saturated rings. The number of aliphatic hydroxyl groups excluding tert-OH is 2. The van der Waals surface area contributed by atoms with Gasteiger partial charge in [-0.1, -0.05) is 237 Å². The van der Waals surface area contributed by atoms with Gasteiger partial charge in [-0.2, -0.15) is 0 Å². The molecule has 0 aliphatic carbocycles. The van der Waals surface area contributed by atoms with Crippen molar-refractivity contribution in [2.24, 2.45) is 0 Å². The van der Waals surface area contributed by atoms with E-state index in [4.69, 9.17) is 0 Å². The van der Waals surface area contributed by atoms with Gasteiger partial charge < -0.3 is 15.5 Å². The van der Waals surface area contributed by atoms with Crippen LogP contribution in [0.3, 0.4) is 0 Å². The summed E-state index contributed by atoms with van der Waals surface area (Å²) < 4.78 is 0. The number of hydrogen-bond acceptors (Lipinski definition) is 3. The first kappa shape index (κ1) is 53.6. The summed E-state index contributed by atoms with van der Waals surface area (Å²) >= 11 is 0. The highest BCUT2D eigenvalue weighted by Gasteiger charge is 2.17. The van der Waals surface area contributed by atoms with Crippen LogP contribution in [0.5, 0.6) is 0 Å². The zero-order chi connectivity index (χ0) is 40.0. The molecule has 0 spiro atoms. The molecule has 0 saturated carbocycles. The van der Waals surface area contributed by atoms with E-state index in [1.54, 1.807) is 6.08 Å². The van der Waals surface area contributed by atoms with Gasteiger partial charge in [0.05, 0.1) is 18.8 Å². The quantitative estimate of drug-likeness (QED) is 0.0426. The minimum atomic E-state index is -0.863. The van der Waals surface area contributed by atoms with Gasteiger partial charge in [0.1, 0.15) is 0 Å². The highest BCUT2D eigenvalue weighted by atomic mass is 16.3. The number of amides is 1. The second kappa shape index (κ2) is 47.0.